The monoisotopic (exact) mass is 411 g/mol. The molecule has 0 saturated heterocycles. The Hall–Kier alpha value is -0.470. The number of aliphatic imine (C=N–C) groups is 1. The molecule has 0 aromatic carbocycles. The first-order chi connectivity index (χ1) is 6.79. The van der Waals surface area contributed by atoms with Gasteiger partial charge in [-0.2, -0.15) is 4.99 Å². The predicted octanol–water partition coefficient (Wildman–Crippen LogP) is 1.73. The Bertz CT molecular complexity index is 477. The van der Waals surface area contributed by atoms with Gasteiger partial charge in [0.15, 0.2) is 0 Å². The van der Waals surface area contributed by atoms with Crippen LogP contribution < -0.4 is 2.90 Å². The van der Waals surface area contributed by atoms with Crippen molar-refractivity contribution < 1.29 is 2.90 Å². The fourth-order valence-electron chi connectivity index (χ4n) is 0.991. The topological polar surface area (TPSA) is 34.1 Å². The summed E-state index contributed by atoms with van der Waals surface area (Å²) in [6.07, 6.45) is 9.13. The van der Waals surface area contributed by atoms with Gasteiger partial charge in [0, 0.05) is 0 Å². The third kappa shape index (κ3) is 1.96. The average Bonchev–Trinajstić information content (AvgIpc) is 2.46. The number of rotatable bonds is 1. The van der Waals surface area contributed by atoms with Gasteiger partial charge in [-0.25, -0.2) is 0 Å². The molecule has 0 spiro atoms. The van der Waals surface area contributed by atoms with E-state index in [9.17, 15) is 0 Å². The summed E-state index contributed by atoms with van der Waals surface area (Å²) in [5.74, 6) is 2.81. The molecule has 14 heavy (non-hydrogen) atoms. The molecule has 6 heteroatoms. The molecular weight excluding hydrogens is 406 g/mol. The maximum absolute atomic E-state index is 4.14. The van der Waals surface area contributed by atoms with Crippen molar-refractivity contribution in [2.75, 3.05) is 0 Å². The lowest BCUT2D eigenvalue weighted by atomic mass is 10.4. The van der Waals surface area contributed by atoms with Gasteiger partial charge in [0.25, 0.3) is 0 Å². The molecular formula is C8H5I2N4+. The minimum Gasteiger partial charge on any atom is -0.197 e. The number of hydrogen-bond donors (Lipinski definition) is 0. The first-order valence-corrected chi connectivity index (χ1v) is 5.80. The summed E-state index contributed by atoms with van der Waals surface area (Å²) in [6.45, 7) is 0. The van der Waals surface area contributed by atoms with Crippen molar-refractivity contribution in [3.8, 4) is 0 Å². The van der Waals surface area contributed by atoms with Gasteiger partial charge in [0.1, 0.15) is 9.40 Å². The predicted molar refractivity (Wildman–Crippen MR) is 70.2 cm³/mol. The van der Waals surface area contributed by atoms with Crippen molar-refractivity contribution in [1.82, 2.24) is 9.67 Å². The van der Waals surface area contributed by atoms with Crippen LogP contribution in [0.5, 0.6) is 0 Å². The maximum Gasteiger partial charge on any atom is 0.316 e. The molecule has 1 aromatic rings. The normalized spacial score (nSPS) is 15.0. The molecule has 0 amide bonds. The molecule has 0 radical (unpaired) electrons. The molecule has 0 fully saturated rings. The number of hydrogen-bond acceptors (Lipinski definition) is 2. The van der Waals surface area contributed by atoms with Gasteiger partial charge in [-0.3, -0.25) is 0 Å². The van der Waals surface area contributed by atoms with E-state index >= 15 is 0 Å². The smallest absolute Gasteiger partial charge is 0.197 e. The van der Waals surface area contributed by atoms with Gasteiger partial charge >= 0.3 is 6.33 Å². The average molecular weight is 411 g/mol. The molecule has 1 aromatic heterocycles. The van der Waals surface area contributed by atoms with Gasteiger partial charge in [0.2, 0.25) is 29.2 Å². The first kappa shape index (κ1) is 10.1. The van der Waals surface area contributed by atoms with E-state index in [0.717, 1.165) is 9.40 Å². The van der Waals surface area contributed by atoms with Crippen LogP contribution in [0.15, 0.2) is 39.6 Å². The fraction of sp³-hybridized carbons (Fsp3) is 0. The van der Waals surface area contributed by atoms with Crippen molar-refractivity contribution in [2.45, 2.75) is 0 Å². The van der Waals surface area contributed by atoms with Crippen LogP contribution >= 0.6 is 45.5 Å². The van der Waals surface area contributed by atoms with Crippen LogP contribution in [-0.4, -0.2) is 15.5 Å². The zero-order valence-corrected chi connectivity index (χ0v) is 11.2. The minimum atomic E-state index is 0.885. The fourth-order valence-corrected chi connectivity index (χ4v) is 2.05. The van der Waals surface area contributed by atoms with Crippen molar-refractivity contribution in [2.24, 2.45) is 4.99 Å². The van der Waals surface area contributed by atoms with E-state index in [1.54, 1.807) is 18.7 Å². The van der Waals surface area contributed by atoms with Crippen LogP contribution in [0.3, 0.4) is 0 Å². The van der Waals surface area contributed by atoms with Crippen molar-refractivity contribution in [3.63, 3.8) is 0 Å². The Balaban J connectivity index is 2.55. The molecule has 2 rings (SSSR count). The van der Waals surface area contributed by atoms with Crippen LogP contribution in [0.2, 0.25) is 0 Å². The summed E-state index contributed by atoms with van der Waals surface area (Å²) in [4.78, 5) is 8.17. The van der Waals surface area contributed by atoms with Crippen molar-refractivity contribution in [3.05, 3.63) is 34.6 Å². The van der Waals surface area contributed by atoms with Gasteiger partial charge in [-0.1, -0.05) is 8.97 Å². The molecule has 1 aliphatic heterocycles. The van der Waals surface area contributed by atoms with Gasteiger partial charge < -0.3 is 0 Å². The Morgan fingerprint density at radius 3 is 3.07 bits per heavy atom. The SMILES string of the molecule is IC1=C(n2cnc[n+]2I)C=CC=C=N1. The lowest BCUT2D eigenvalue weighted by molar-refractivity contribution is -0.531. The third-order valence-corrected chi connectivity index (χ3v) is 3.10. The maximum atomic E-state index is 4.14. The molecule has 0 bridgehead atoms. The highest BCUT2D eigenvalue weighted by molar-refractivity contribution is 14.1. The van der Waals surface area contributed by atoms with Gasteiger partial charge in [-0.15, -0.1) is 4.68 Å². The number of halogens is 2. The third-order valence-electron chi connectivity index (χ3n) is 1.59. The van der Waals surface area contributed by atoms with E-state index in [2.05, 4.69) is 61.3 Å². The zero-order chi connectivity index (χ0) is 9.97. The Morgan fingerprint density at radius 2 is 2.36 bits per heavy atom. The zero-order valence-electron chi connectivity index (χ0n) is 6.93. The van der Waals surface area contributed by atoms with Crippen LogP contribution in [-0.2, 0) is 0 Å². The van der Waals surface area contributed by atoms with Crippen LogP contribution in [0.4, 0.5) is 0 Å². The lowest BCUT2D eigenvalue weighted by Crippen LogP contribution is -2.29. The minimum absolute atomic E-state index is 0.885. The molecule has 0 saturated carbocycles. The second-order valence-corrected chi connectivity index (χ2v) is 4.47. The molecule has 0 atom stereocenters. The second kappa shape index (κ2) is 4.37. The van der Waals surface area contributed by atoms with E-state index in [4.69, 9.17) is 0 Å². The van der Waals surface area contributed by atoms with Crippen LogP contribution in [0.25, 0.3) is 5.70 Å². The van der Waals surface area contributed by atoms with E-state index < -0.39 is 0 Å². The summed E-state index contributed by atoms with van der Waals surface area (Å²) >= 11 is 4.33. The summed E-state index contributed by atoms with van der Waals surface area (Å²) in [7, 11) is 0. The van der Waals surface area contributed by atoms with Gasteiger partial charge in [-0.05, 0) is 45.6 Å². The summed E-state index contributed by atoms with van der Waals surface area (Å²) < 4.78 is 4.65. The largest absolute Gasteiger partial charge is 0.316 e. The molecule has 70 valence electrons. The summed E-state index contributed by atoms with van der Waals surface area (Å²) in [5, 5.41) is 0. The molecule has 0 aliphatic carbocycles. The summed E-state index contributed by atoms with van der Waals surface area (Å²) in [6, 6.07) is 0. The molecule has 0 N–H and O–H groups in total. The van der Waals surface area contributed by atoms with Crippen LogP contribution in [0.1, 0.15) is 0 Å². The van der Waals surface area contributed by atoms with E-state index in [-0.39, 0.29) is 0 Å². The number of aromatic nitrogens is 3. The molecule has 4 nitrogen and oxygen atoms in total. The van der Waals surface area contributed by atoms with E-state index in [1.165, 1.54) is 0 Å². The van der Waals surface area contributed by atoms with E-state index in [1.807, 2.05) is 19.7 Å². The lowest BCUT2D eigenvalue weighted by Gasteiger charge is -1.99. The Labute approximate surface area is 108 Å². The quantitative estimate of drug-likeness (QED) is 0.512. The van der Waals surface area contributed by atoms with Gasteiger partial charge in [0.05, 0.1) is 0 Å². The molecule has 1 aliphatic rings. The Morgan fingerprint density at radius 1 is 1.50 bits per heavy atom. The number of allylic oxidation sites excluding steroid dienone is 4. The second-order valence-electron chi connectivity index (χ2n) is 2.46. The molecule has 2 heterocycles. The highest BCUT2D eigenvalue weighted by atomic mass is 127. The van der Waals surface area contributed by atoms with E-state index in [0.29, 0.717) is 0 Å². The summed E-state index contributed by atoms with van der Waals surface area (Å²) in [5.41, 5.74) is 0.985. The Kier molecular flexibility index (Phi) is 3.14. The van der Waals surface area contributed by atoms with Crippen molar-refractivity contribution in [1.29, 1.82) is 0 Å². The number of nitrogens with zero attached hydrogens (tertiary/aromatic N) is 4. The highest BCUT2D eigenvalue weighted by Gasteiger charge is 2.11. The first-order valence-electron chi connectivity index (χ1n) is 3.76. The van der Waals surface area contributed by atoms with Crippen LogP contribution in [0, 0.1) is 0 Å². The standard InChI is InChI=1S/C8H5I2N4/c9-8-7(3-1-2-4-12-8)13-5-11-6-14(13)10/h1-3,5-6H/q+1. The molecule has 0 unspecified atom stereocenters. The van der Waals surface area contributed by atoms with Crippen molar-refractivity contribution >= 4 is 57.0 Å². The highest BCUT2D eigenvalue weighted by Crippen LogP contribution is 2.19.